The summed E-state index contributed by atoms with van der Waals surface area (Å²) >= 11 is 12.0. The van der Waals surface area contributed by atoms with Crippen LogP contribution in [0.2, 0.25) is 10.0 Å². The zero-order chi connectivity index (χ0) is 21.1. The van der Waals surface area contributed by atoms with Crippen LogP contribution in [0.25, 0.3) is 11.4 Å². The van der Waals surface area contributed by atoms with Gasteiger partial charge in [0.25, 0.3) is 0 Å². The minimum atomic E-state index is -0.0516. The largest absolute Gasteiger partial charge is 0.338 e. The fourth-order valence-electron chi connectivity index (χ4n) is 3.67. The van der Waals surface area contributed by atoms with E-state index in [1.165, 1.54) is 0 Å². The average Bonchev–Trinajstić information content (AvgIpc) is 3.16. The maximum absolute atomic E-state index is 12.6. The molecule has 1 aliphatic rings. The Hall–Kier alpha value is -2.41. The molecule has 0 spiro atoms. The molecular formula is C22H22Cl2N4O2. The monoisotopic (exact) mass is 444 g/mol. The second-order valence-corrected chi connectivity index (χ2v) is 8.40. The van der Waals surface area contributed by atoms with Crippen LogP contribution in [0.15, 0.2) is 47.0 Å². The summed E-state index contributed by atoms with van der Waals surface area (Å²) in [5.74, 6) is 1.14. The molecule has 3 aromatic rings. The van der Waals surface area contributed by atoms with Crippen molar-refractivity contribution >= 4 is 34.8 Å². The zero-order valence-electron chi connectivity index (χ0n) is 16.6. The van der Waals surface area contributed by atoms with Crippen molar-refractivity contribution < 1.29 is 9.32 Å². The van der Waals surface area contributed by atoms with Crippen molar-refractivity contribution in [3.63, 3.8) is 0 Å². The van der Waals surface area contributed by atoms with Crippen LogP contribution < -0.4 is 5.32 Å². The Labute approximate surface area is 185 Å². The molecule has 0 aliphatic carbocycles. The first-order valence-electron chi connectivity index (χ1n) is 9.86. The zero-order valence-corrected chi connectivity index (χ0v) is 18.1. The third-order valence-corrected chi connectivity index (χ3v) is 5.74. The first kappa shape index (κ1) is 20.8. The smallest absolute Gasteiger partial charge is 0.241 e. The van der Waals surface area contributed by atoms with E-state index in [-0.39, 0.29) is 11.8 Å². The molecule has 0 radical (unpaired) electrons. The molecular weight excluding hydrogens is 423 g/mol. The molecule has 0 saturated carbocycles. The molecule has 156 valence electrons. The number of carbonyl (C=O) groups excluding carboxylic acids is 1. The van der Waals surface area contributed by atoms with Gasteiger partial charge < -0.3 is 9.84 Å². The molecule has 0 bridgehead atoms. The molecule has 8 heteroatoms. The summed E-state index contributed by atoms with van der Waals surface area (Å²) in [6.07, 6.45) is 1.53. The lowest BCUT2D eigenvalue weighted by Crippen LogP contribution is -2.37. The molecule has 1 fully saturated rings. The van der Waals surface area contributed by atoms with Gasteiger partial charge in [-0.1, -0.05) is 52.6 Å². The Balaban J connectivity index is 1.31. The molecule has 1 amide bonds. The molecule has 0 atom stereocenters. The second kappa shape index (κ2) is 9.16. The van der Waals surface area contributed by atoms with Gasteiger partial charge in [-0.2, -0.15) is 4.98 Å². The molecule has 2 heterocycles. The summed E-state index contributed by atoms with van der Waals surface area (Å²) in [7, 11) is 0. The first-order chi connectivity index (χ1) is 14.5. The maximum Gasteiger partial charge on any atom is 0.241 e. The van der Waals surface area contributed by atoms with E-state index >= 15 is 0 Å². The van der Waals surface area contributed by atoms with E-state index in [0.717, 1.165) is 37.1 Å². The average molecular weight is 445 g/mol. The van der Waals surface area contributed by atoms with Crippen LogP contribution in [0, 0.1) is 12.8 Å². The summed E-state index contributed by atoms with van der Waals surface area (Å²) < 4.78 is 5.45. The Morgan fingerprint density at radius 3 is 2.57 bits per heavy atom. The number of nitrogens with zero attached hydrogens (tertiary/aromatic N) is 3. The number of hydrogen-bond donors (Lipinski definition) is 1. The Morgan fingerprint density at radius 1 is 1.17 bits per heavy atom. The molecule has 0 unspecified atom stereocenters. The topological polar surface area (TPSA) is 71.3 Å². The normalized spacial score (nSPS) is 15.3. The van der Waals surface area contributed by atoms with Crippen molar-refractivity contribution in [3.05, 3.63) is 64.0 Å². The van der Waals surface area contributed by atoms with E-state index in [1.807, 2.05) is 31.2 Å². The third kappa shape index (κ3) is 5.01. The van der Waals surface area contributed by atoms with Gasteiger partial charge in [0, 0.05) is 27.2 Å². The van der Waals surface area contributed by atoms with E-state index in [0.29, 0.717) is 34.0 Å². The summed E-state index contributed by atoms with van der Waals surface area (Å²) in [6, 6.07) is 13.0. The lowest BCUT2D eigenvalue weighted by atomic mass is 9.96. The molecule has 1 saturated heterocycles. The SMILES string of the molecule is Cc1ccccc1-c1noc(CN2CCC(C(=O)Nc3cc(Cl)cc(Cl)c3)CC2)n1. The van der Waals surface area contributed by atoms with Crippen LogP contribution in [-0.4, -0.2) is 34.0 Å². The maximum atomic E-state index is 12.6. The molecule has 1 N–H and O–H groups in total. The van der Waals surface area contributed by atoms with Gasteiger partial charge >= 0.3 is 0 Å². The van der Waals surface area contributed by atoms with E-state index in [2.05, 4.69) is 20.4 Å². The third-order valence-electron chi connectivity index (χ3n) is 5.30. The van der Waals surface area contributed by atoms with Crippen LogP contribution >= 0.6 is 23.2 Å². The lowest BCUT2D eigenvalue weighted by molar-refractivity contribution is -0.121. The molecule has 2 aromatic carbocycles. The fraction of sp³-hybridized carbons (Fsp3) is 0.318. The Morgan fingerprint density at radius 2 is 1.87 bits per heavy atom. The van der Waals surface area contributed by atoms with E-state index in [4.69, 9.17) is 27.7 Å². The fourth-order valence-corrected chi connectivity index (χ4v) is 4.19. The molecule has 1 aliphatic heterocycles. The number of anilines is 1. The summed E-state index contributed by atoms with van der Waals surface area (Å²) in [4.78, 5) is 19.4. The standard InChI is InChI=1S/C22H22Cl2N4O2/c1-14-4-2-3-5-19(14)21-26-20(30-27-21)13-28-8-6-15(7-9-28)22(29)25-18-11-16(23)10-17(24)12-18/h2-5,10-12,15H,6-9,13H2,1H3,(H,25,29). The first-order valence-corrected chi connectivity index (χ1v) is 10.6. The van der Waals surface area contributed by atoms with Crippen molar-refractivity contribution in [2.24, 2.45) is 5.92 Å². The number of aromatic nitrogens is 2. The van der Waals surface area contributed by atoms with Crippen molar-refractivity contribution in [2.75, 3.05) is 18.4 Å². The second-order valence-electron chi connectivity index (χ2n) is 7.52. The number of hydrogen-bond acceptors (Lipinski definition) is 5. The summed E-state index contributed by atoms with van der Waals surface area (Å²) in [6.45, 7) is 4.18. The summed E-state index contributed by atoms with van der Waals surface area (Å²) in [5, 5.41) is 8.03. The molecule has 30 heavy (non-hydrogen) atoms. The number of nitrogens with one attached hydrogen (secondary N) is 1. The minimum Gasteiger partial charge on any atom is -0.338 e. The van der Waals surface area contributed by atoms with Gasteiger partial charge in [-0.15, -0.1) is 0 Å². The number of amides is 1. The van der Waals surface area contributed by atoms with Gasteiger partial charge in [0.15, 0.2) is 0 Å². The Kier molecular flexibility index (Phi) is 6.37. The number of likely N-dealkylation sites (tertiary alicyclic amines) is 1. The van der Waals surface area contributed by atoms with Crippen LogP contribution in [0.5, 0.6) is 0 Å². The van der Waals surface area contributed by atoms with Gasteiger partial charge in [-0.25, -0.2) is 0 Å². The highest BCUT2D eigenvalue weighted by Crippen LogP contribution is 2.25. The van der Waals surface area contributed by atoms with Crippen molar-refractivity contribution in [2.45, 2.75) is 26.3 Å². The van der Waals surface area contributed by atoms with E-state index in [1.54, 1.807) is 18.2 Å². The van der Waals surface area contributed by atoms with Gasteiger partial charge in [-0.05, 0) is 56.6 Å². The number of aryl methyl sites for hydroxylation is 1. The van der Waals surface area contributed by atoms with E-state index in [9.17, 15) is 4.79 Å². The minimum absolute atomic E-state index is 0.00684. The van der Waals surface area contributed by atoms with Crippen LogP contribution in [0.3, 0.4) is 0 Å². The lowest BCUT2D eigenvalue weighted by Gasteiger charge is -2.30. The predicted octanol–water partition coefficient (Wildman–Crippen LogP) is 5.20. The number of carbonyl (C=O) groups is 1. The summed E-state index contributed by atoms with van der Waals surface area (Å²) in [5.41, 5.74) is 2.70. The van der Waals surface area contributed by atoms with Crippen LogP contribution in [0.4, 0.5) is 5.69 Å². The van der Waals surface area contributed by atoms with Crippen molar-refractivity contribution in [1.82, 2.24) is 15.0 Å². The molecule has 4 rings (SSSR count). The number of piperidine rings is 1. The highest BCUT2D eigenvalue weighted by atomic mass is 35.5. The van der Waals surface area contributed by atoms with Gasteiger partial charge in [0.1, 0.15) is 0 Å². The van der Waals surface area contributed by atoms with Crippen molar-refractivity contribution in [3.8, 4) is 11.4 Å². The van der Waals surface area contributed by atoms with Crippen molar-refractivity contribution in [1.29, 1.82) is 0 Å². The number of halogens is 2. The molecule has 6 nitrogen and oxygen atoms in total. The highest BCUT2D eigenvalue weighted by molar-refractivity contribution is 6.35. The van der Waals surface area contributed by atoms with Crippen LogP contribution in [0.1, 0.15) is 24.3 Å². The predicted molar refractivity (Wildman–Crippen MR) is 118 cm³/mol. The Bertz CT molecular complexity index is 1020. The van der Waals surface area contributed by atoms with Gasteiger partial charge in [0.05, 0.1) is 6.54 Å². The molecule has 1 aromatic heterocycles. The van der Waals surface area contributed by atoms with Crippen LogP contribution in [-0.2, 0) is 11.3 Å². The van der Waals surface area contributed by atoms with Gasteiger partial charge in [0.2, 0.25) is 17.6 Å². The highest BCUT2D eigenvalue weighted by Gasteiger charge is 2.26. The number of rotatable bonds is 5. The van der Waals surface area contributed by atoms with E-state index < -0.39 is 0 Å². The quantitative estimate of drug-likeness (QED) is 0.585. The van der Waals surface area contributed by atoms with Gasteiger partial charge in [-0.3, -0.25) is 9.69 Å². The number of benzene rings is 2.